The van der Waals surface area contributed by atoms with E-state index in [1.807, 2.05) is 17.7 Å². The molecule has 0 fully saturated rings. The van der Waals surface area contributed by atoms with Crippen molar-refractivity contribution in [2.75, 3.05) is 0 Å². The summed E-state index contributed by atoms with van der Waals surface area (Å²) in [4.78, 5) is 16.3. The lowest BCUT2D eigenvalue weighted by Gasteiger charge is -1.88. The van der Waals surface area contributed by atoms with E-state index >= 15 is 0 Å². The number of thiophene rings is 1. The van der Waals surface area contributed by atoms with Crippen LogP contribution in [0.3, 0.4) is 0 Å². The van der Waals surface area contributed by atoms with Gasteiger partial charge in [0.15, 0.2) is 0 Å². The summed E-state index contributed by atoms with van der Waals surface area (Å²) in [5.74, 6) is -0.799. The van der Waals surface area contributed by atoms with Gasteiger partial charge in [-0.05, 0) is 6.07 Å². The highest BCUT2D eigenvalue weighted by molar-refractivity contribution is 7.18. The number of nitrogens with zero attached hydrogens (tertiary/aromatic N) is 2. The van der Waals surface area contributed by atoms with E-state index < -0.39 is 5.97 Å². The molecule has 2 heterocycles. The Balaban J connectivity index is 2.44. The molecule has 0 aliphatic carbocycles. The van der Waals surface area contributed by atoms with Gasteiger partial charge in [-0.3, -0.25) is 4.79 Å². The van der Waals surface area contributed by atoms with Crippen LogP contribution in [0.5, 0.6) is 0 Å². The van der Waals surface area contributed by atoms with Gasteiger partial charge in [0, 0.05) is 11.9 Å². The molecule has 0 aromatic carbocycles. The van der Waals surface area contributed by atoms with E-state index in [0.717, 1.165) is 15.2 Å². The van der Waals surface area contributed by atoms with Crippen LogP contribution in [0.2, 0.25) is 0 Å². The number of carbonyl (C=O) groups is 1. The lowest BCUT2D eigenvalue weighted by molar-refractivity contribution is -0.136. The highest BCUT2D eigenvalue weighted by Gasteiger charge is 2.08. The summed E-state index contributed by atoms with van der Waals surface area (Å²) in [6, 6.07) is 1.88. The second-order valence-corrected chi connectivity index (χ2v) is 3.94. The molecule has 5 heteroatoms. The molecule has 68 valence electrons. The van der Waals surface area contributed by atoms with Gasteiger partial charge >= 0.3 is 5.97 Å². The molecular formula is C8H8N2O2S. The molecule has 0 spiro atoms. The van der Waals surface area contributed by atoms with Crippen molar-refractivity contribution in [3.63, 3.8) is 0 Å². The zero-order chi connectivity index (χ0) is 9.42. The number of hydrogen-bond acceptors (Lipinski definition) is 3. The van der Waals surface area contributed by atoms with Crippen molar-refractivity contribution in [2.45, 2.75) is 6.42 Å². The summed E-state index contributed by atoms with van der Waals surface area (Å²) in [7, 11) is 1.90. The minimum absolute atomic E-state index is 0.0844. The van der Waals surface area contributed by atoms with Gasteiger partial charge in [0.1, 0.15) is 4.83 Å². The van der Waals surface area contributed by atoms with Crippen molar-refractivity contribution in [2.24, 2.45) is 7.05 Å². The Morgan fingerprint density at radius 3 is 3.15 bits per heavy atom. The van der Waals surface area contributed by atoms with Gasteiger partial charge in [0.2, 0.25) is 0 Å². The molecule has 0 radical (unpaired) electrons. The number of hydrogen-bond donors (Lipinski definition) is 1. The van der Waals surface area contributed by atoms with Crippen molar-refractivity contribution in [1.82, 2.24) is 9.55 Å². The molecule has 0 bridgehead atoms. The average Bonchev–Trinajstić information content (AvgIpc) is 2.53. The van der Waals surface area contributed by atoms with E-state index in [1.54, 1.807) is 6.33 Å². The van der Waals surface area contributed by atoms with Gasteiger partial charge in [-0.15, -0.1) is 11.3 Å². The van der Waals surface area contributed by atoms with Crippen molar-refractivity contribution in [3.8, 4) is 0 Å². The smallest absolute Gasteiger partial charge is 0.308 e. The number of carboxylic acids is 1. The van der Waals surface area contributed by atoms with Crippen molar-refractivity contribution >= 4 is 27.7 Å². The third kappa shape index (κ3) is 1.42. The molecule has 4 nitrogen and oxygen atoms in total. The quantitative estimate of drug-likeness (QED) is 0.786. The fourth-order valence-corrected chi connectivity index (χ4v) is 2.22. The maximum atomic E-state index is 10.4. The van der Waals surface area contributed by atoms with Crippen molar-refractivity contribution in [1.29, 1.82) is 0 Å². The third-order valence-corrected chi connectivity index (χ3v) is 2.83. The van der Waals surface area contributed by atoms with Crippen LogP contribution in [0, 0.1) is 0 Å². The topological polar surface area (TPSA) is 55.1 Å². The minimum atomic E-state index is -0.799. The monoisotopic (exact) mass is 196 g/mol. The Bertz CT molecular complexity index is 458. The van der Waals surface area contributed by atoms with Crippen molar-refractivity contribution < 1.29 is 9.90 Å². The summed E-state index contributed by atoms with van der Waals surface area (Å²) in [6.07, 6.45) is 1.81. The number of rotatable bonds is 2. The number of carboxylic acid groups (broad SMARTS) is 1. The van der Waals surface area contributed by atoms with Crippen LogP contribution in [0.4, 0.5) is 0 Å². The Morgan fingerprint density at radius 2 is 2.54 bits per heavy atom. The summed E-state index contributed by atoms with van der Waals surface area (Å²) in [6.45, 7) is 0. The molecule has 2 aromatic heterocycles. The van der Waals surface area contributed by atoms with E-state index in [2.05, 4.69) is 4.98 Å². The second kappa shape index (κ2) is 2.85. The standard InChI is InChI=1S/C8H8N2O2S/c1-10-4-9-8-6(10)2-5(13-8)3-7(11)12/h2,4H,3H2,1H3,(H,11,12). The number of imidazole rings is 1. The van der Waals surface area contributed by atoms with Gasteiger partial charge in [0.05, 0.1) is 18.3 Å². The first-order chi connectivity index (χ1) is 6.16. The minimum Gasteiger partial charge on any atom is -0.481 e. The van der Waals surface area contributed by atoms with Gasteiger partial charge in [0.25, 0.3) is 0 Å². The predicted octanol–water partition coefficient (Wildman–Crippen LogP) is 1.26. The molecule has 2 rings (SSSR count). The normalized spacial score (nSPS) is 10.8. The molecule has 0 unspecified atom stereocenters. The lowest BCUT2D eigenvalue weighted by Crippen LogP contribution is -1.97. The summed E-state index contributed by atoms with van der Waals surface area (Å²) < 4.78 is 1.89. The molecule has 0 saturated heterocycles. The van der Waals surface area contributed by atoms with Gasteiger partial charge in [-0.25, -0.2) is 4.98 Å². The Kier molecular flexibility index (Phi) is 1.81. The fraction of sp³-hybridized carbons (Fsp3) is 0.250. The number of aliphatic carboxylic acids is 1. The van der Waals surface area contributed by atoms with Crippen LogP contribution in [0.15, 0.2) is 12.4 Å². The summed E-state index contributed by atoms with van der Waals surface area (Å²) in [5.41, 5.74) is 1.00. The maximum absolute atomic E-state index is 10.4. The first kappa shape index (κ1) is 8.25. The molecule has 13 heavy (non-hydrogen) atoms. The molecule has 0 atom stereocenters. The fourth-order valence-electron chi connectivity index (χ4n) is 1.20. The zero-order valence-corrected chi connectivity index (χ0v) is 7.84. The Morgan fingerprint density at radius 1 is 1.77 bits per heavy atom. The first-order valence-corrected chi connectivity index (χ1v) is 4.60. The molecule has 1 N–H and O–H groups in total. The van der Waals surface area contributed by atoms with Crippen LogP contribution in [0.25, 0.3) is 10.3 Å². The molecular weight excluding hydrogens is 188 g/mol. The molecule has 2 aromatic rings. The Labute approximate surface area is 78.4 Å². The number of aryl methyl sites for hydroxylation is 1. The summed E-state index contributed by atoms with van der Waals surface area (Å²) >= 11 is 1.43. The van der Waals surface area contributed by atoms with Crippen LogP contribution in [-0.4, -0.2) is 20.6 Å². The average molecular weight is 196 g/mol. The van der Waals surface area contributed by atoms with Gasteiger partial charge in [-0.1, -0.05) is 0 Å². The second-order valence-electron chi connectivity index (χ2n) is 2.83. The zero-order valence-electron chi connectivity index (χ0n) is 7.02. The highest BCUT2D eigenvalue weighted by atomic mass is 32.1. The van der Waals surface area contributed by atoms with Gasteiger partial charge < -0.3 is 9.67 Å². The molecule has 0 saturated carbocycles. The number of fused-ring (bicyclic) bond motifs is 1. The maximum Gasteiger partial charge on any atom is 0.308 e. The molecule has 0 amide bonds. The SMILES string of the molecule is Cn1cnc2sc(CC(=O)O)cc21. The first-order valence-electron chi connectivity index (χ1n) is 3.78. The van der Waals surface area contributed by atoms with E-state index in [9.17, 15) is 4.79 Å². The van der Waals surface area contributed by atoms with Gasteiger partial charge in [-0.2, -0.15) is 0 Å². The van der Waals surface area contributed by atoms with E-state index in [1.165, 1.54) is 11.3 Å². The number of aromatic nitrogens is 2. The van der Waals surface area contributed by atoms with Crippen LogP contribution in [-0.2, 0) is 18.3 Å². The van der Waals surface area contributed by atoms with Crippen LogP contribution in [0.1, 0.15) is 4.88 Å². The molecule has 0 aliphatic rings. The lowest BCUT2D eigenvalue weighted by atomic mass is 10.3. The van der Waals surface area contributed by atoms with E-state index in [4.69, 9.17) is 5.11 Å². The van der Waals surface area contributed by atoms with E-state index in [0.29, 0.717) is 0 Å². The Hall–Kier alpha value is -1.36. The molecule has 0 aliphatic heterocycles. The summed E-state index contributed by atoms with van der Waals surface area (Å²) in [5, 5.41) is 8.58. The van der Waals surface area contributed by atoms with E-state index in [-0.39, 0.29) is 6.42 Å². The van der Waals surface area contributed by atoms with Crippen LogP contribution < -0.4 is 0 Å². The third-order valence-electron chi connectivity index (χ3n) is 1.80. The predicted molar refractivity (Wildman–Crippen MR) is 49.9 cm³/mol. The van der Waals surface area contributed by atoms with Crippen molar-refractivity contribution in [3.05, 3.63) is 17.3 Å². The highest BCUT2D eigenvalue weighted by Crippen LogP contribution is 2.23. The largest absolute Gasteiger partial charge is 0.481 e. The van der Waals surface area contributed by atoms with Crippen LogP contribution >= 0.6 is 11.3 Å².